The van der Waals surface area contributed by atoms with Crippen LogP contribution in [0.4, 0.5) is 5.69 Å². The van der Waals surface area contributed by atoms with E-state index in [0.717, 1.165) is 0 Å². The average Bonchev–Trinajstić information content (AvgIpc) is 2.87. The maximum absolute atomic E-state index is 11.0. The first-order valence-corrected chi connectivity index (χ1v) is 6.38. The molecule has 0 spiro atoms. The lowest BCUT2D eigenvalue weighted by atomic mass is 10.1. The Morgan fingerprint density at radius 2 is 2.19 bits per heavy atom. The Morgan fingerprint density at radius 3 is 2.81 bits per heavy atom. The molecule has 21 heavy (non-hydrogen) atoms. The Morgan fingerprint density at radius 1 is 1.48 bits per heavy atom. The van der Waals surface area contributed by atoms with E-state index in [9.17, 15) is 10.1 Å². The van der Waals surface area contributed by atoms with Gasteiger partial charge < -0.3 is 15.2 Å². The number of hydrogen-bond acceptors (Lipinski definition) is 7. The second kappa shape index (κ2) is 5.98. The minimum absolute atomic E-state index is 0.0184. The third-order valence-electron chi connectivity index (χ3n) is 3.07. The van der Waals surface area contributed by atoms with Gasteiger partial charge in [-0.25, -0.2) is 0 Å². The number of aromatic nitrogens is 2. The predicted molar refractivity (Wildman–Crippen MR) is 76.6 cm³/mol. The van der Waals surface area contributed by atoms with Crippen LogP contribution in [0.2, 0.25) is 0 Å². The van der Waals surface area contributed by atoms with E-state index in [1.54, 1.807) is 19.1 Å². The summed E-state index contributed by atoms with van der Waals surface area (Å²) in [5.41, 5.74) is 7.01. The molecule has 8 heteroatoms. The highest BCUT2D eigenvalue weighted by Gasteiger charge is 2.20. The number of hydrogen-bond donors (Lipinski definition) is 1. The number of nitro groups is 1. The minimum atomic E-state index is -0.437. The first-order chi connectivity index (χ1) is 9.90. The predicted octanol–water partition coefficient (Wildman–Crippen LogP) is 1.51. The van der Waals surface area contributed by atoms with Crippen LogP contribution >= 0.6 is 0 Å². The summed E-state index contributed by atoms with van der Waals surface area (Å²) in [6.45, 7) is 2.23. The van der Waals surface area contributed by atoms with Crippen molar-refractivity contribution in [1.29, 1.82) is 0 Å². The maximum Gasteiger partial charge on any atom is 0.273 e. The summed E-state index contributed by atoms with van der Waals surface area (Å²) in [6.07, 6.45) is 0. The van der Waals surface area contributed by atoms with Crippen molar-refractivity contribution < 1.29 is 9.45 Å². The van der Waals surface area contributed by atoms with E-state index < -0.39 is 4.92 Å². The summed E-state index contributed by atoms with van der Waals surface area (Å²) in [5, 5.41) is 14.8. The van der Waals surface area contributed by atoms with Gasteiger partial charge >= 0.3 is 0 Å². The maximum atomic E-state index is 11.0. The first-order valence-electron chi connectivity index (χ1n) is 6.38. The molecule has 0 radical (unpaired) electrons. The van der Waals surface area contributed by atoms with Gasteiger partial charge in [-0.1, -0.05) is 11.2 Å². The summed E-state index contributed by atoms with van der Waals surface area (Å²) >= 11 is 0. The second-order valence-electron chi connectivity index (χ2n) is 5.03. The lowest BCUT2D eigenvalue weighted by Crippen LogP contribution is -2.26. The van der Waals surface area contributed by atoms with E-state index in [2.05, 4.69) is 10.1 Å². The fourth-order valence-corrected chi connectivity index (χ4v) is 2.02. The van der Waals surface area contributed by atoms with Crippen LogP contribution in [0.1, 0.15) is 17.4 Å². The zero-order valence-corrected chi connectivity index (χ0v) is 12.1. The normalized spacial score (nSPS) is 12.6. The number of rotatable bonds is 5. The second-order valence-corrected chi connectivity index (χ2v) is 5.03. The Labute approximate surface area is 121 Å². The fourth-order valence-electron chi connectivity index (χ4n) is 2.02. The molecule has 1 unspecified atom stereocenters. The Kier molecular flexibility index (Phi) is 4.29. The highest BCUT2D eigenvalue weighted by molar-refractivity contribution is 5.64. The molecule has 0 amide bonds. The Bertz CT molecular complexity index is 653. The van der Waals surface area contributed by atoms with Crippen molar-refractivity contribution in [1.82, 2.24) is 15.0 Å². The molecular weight excluding hydrogens is 274 g/mol. The van der Waals surface area contributed by atoms with Gasteiger partial charge in [-0.15, -0.1) is 0 Å². The quantitative estimate of drug-likeness (QED) is 0.656. The number of nitrogens with two attached hydrogens (primary N) is 1. The molecular formula is C13H17N5O3. The topological polar surface area (TPSA) is 111 Å². The van der Waals surface area contributed by atoms with Gasteiger partial charge in [0.15, 0.2) is 5.82 Å². The number of benzene rings is 1. The molecule has 0 fully saturated rings. The van der Waals surface area contributed by atoms with E-state index in [-0.39, 0.29) is 17.6 Å². The highest BCUT2D eigenvalue weighted by Crippen LogP contribution is 2.29. The largest absolute Gasteiger partial charge is 0.334 e. The van der Waals surface area contributed by atoms with Crippen LogP contribution in [0.5, 0.6) is 0 Å². The van der Waals surface area contributed by atoms with Crippen molar-refractivity contribution >= 4 is 5.69 Å². The van der Waals surface area contributed by atoms with Gasteiger partial charge in [-0.3, -0.25) is 10.1 Å². The molecule has 0 saturated carbocycles. The van der Waals surface area contributed by atoms with Crippen LogP contribution in [-0.4, -0.2) is 40.6 Å². The summed E-state index contributed by atoms with van der Waals surface area (Å²) in [5.74, 6) is 0.616. The zero-order chi connectivity index (χ0) is 15.6. The first kappa shape index (κ1) is 15.1. The molecule has 1 heterocycles. The van der Waals surface area contributed by atoms with E-state index in [0.29, 0.717) is 23.5 Å². The number of nitro benzene ring substituents is 1. The molecule has 0 aliphatic rings. The van der Waals surface area contributed by atoms with Crippen LogP contribution in [0.15, 0.2) is 22.7 Å². The molecule has 0 aliphatic heterocycles. The van der Waals surface area contributed by atoms with E-state index >= 15 is 0 Å². The summed E-state index contributed by atoms with van der Waals surface area (Å²) in [7, 11) is 3.79. The van der Waals surface area contributed by atoms with Crippen molar-refractivity contribution in [3.63, 3.8) is 0 Å². The van der Waals surface area contributed by atoms with Crippen molar-refractivity contribution in [3.05, 3.63) is 39.7 Å². The van der Waals surface area contributed by atoms with Crippen LogP contribution in [0, 0.1) is 17.0 Å². The molecule has 1 aromatic heterocycles. The highest BCUT2D eigenvalue weighted by atomic mass is 16.6. The van der Waals surface area contributed by atoms with Gasteiger partial charge in [0, 0.05) is 23.7 Å². The molecule has 112 valence electrons. The standard InChI is InChI=1S/C13H17N5O3/c1-8-9(5-4-6-11(8)18(19)20)13-15-12(16-21-13)10(14)7-17(2)3/h4-6,10H,7,14H2,1-3H3. The summed E-state index contributed by atoms with van der Waals surface area (Å²) in [6, 6.07) is 4.35. The Balaban J connectivity index is 2.34. The van der Waals surface area contributed by atoms with Crippen LogP contribution in [0.3, 0.4) is 0 Å². The van der Waals surface area contributed by atoms with Gasteiger partial charge in [0.25, 0.3) is 11.6 Å². The van der Waals surface area contributed by atoms with Gasteiger partial charge in [0.1, 0.15) is 0 Å². The van der Waals surface area contributed by atoms with Crippen LogP contribution in [0.25, 0.3) is 11.5 Å². The van der Waals surface area contributed by atoms with Crippen LogP contribution < -0.4 is 5.73 Å². The molecule has 2 aromatic rings. The van der Waals surface area contributed by atoms with Crippen molar-refractivity contribution in [2.24, 2.45) is 5.73 Å². The minimum Gasteiger partial charge on any atom is -0.334 e. The van der Waals surface area contributed by atoms with Gasteiger partial charge in [-0.2, -0.15) is 4.98 Å². The van der Waals surface area contributed by atoms with Gasteiger partial charge in [0.05, 0.1) is 11.0 Å². The molecule has 0 aliphatic carbocycles. The zero-order valence-electron chi connectivity index (χ0n) is 12.1. The molecule has 1 aromatic carbocycles. The third-order valence-corrected chi connectivity index (χ3v) is 3.07. The number of nitrogens with zero attached hydrogens (tertiary/aromatic N) is 4. The molecule has 2 rings (SSSR count). The van der Waals surface area contributed by atoms with Crippen molar-refractivity contribution in [2.75, 3.05) is 20.6 Å². The van der Waals surface area contributed by atoms with Crippen molar-refractivity contribution in [3.8, 4) is 11.5 Å². The van der Waals surface area contributed by atoms with E-state index in [1.807, 2.05) is 19.0 Å². The van der Waals surface area contributed by atoms with Crippen LogP contribution in [-0.2, 0) is 0 Å². The third kappa shape index (κ3) is 3.23. The molecule has 0 bridgehead atoms. The fraction of sp³-hybridized carbons (Fsp3) is 0.385. The molecule has 1 atom stereocenters. The summed E-state index contributed by atoms with van der Waals surface area (Å²) in [4.78, 5) is 16.7. The average molecular weight is 291 g/mol. The number of likely N-dealkylation sites (N-methyl/N-ethyl adjacent to an activating group) is 1. The summed E-state index contributed by atoms with van der Waals surface area (Å²) < 4.78 is 5.19. The van der Waals surface area contributed by atoms with E-state index in [4.69, 9.17) is 10.3 Å². The molecule has 8 nitrogen and oxygen atoms in total. The monoisotopic (exact) mass is 291 g/mol. The van der Waals surface area contributed by atoms with E-state index in [1.165, 1.54) is 6.07 Å². The Hall–Kier alpha value is -2.32. The lowest BCUT2D eigenvalue weighted by molar-refractivity contribution is -0.385. The van der Waals surface area contributed by atoms with Crippen molar-refractivity contribution in [2.45, 2.75) is 13.0 Å². The SMILES string of the molecule is Cc1c(-c2nc(C(N)CN(C)C)no2)cccc1[N+](=O)[O-]. The molecule has 0 saturated heterocycles. The van der Waals surface area contributed by atoms with Gasteiger partial charge in [0.2, 0.25) is 0 Å². The molecule has 2 N–H and O–H groups in total. The smallest absolute Gasteiger partial charge is 0.273 e. The lowest BCUT2D eigenvalue weighted by Gasteiger charge is -2.12. The van der Waals surface area contributed by atoms with Gasteiger partial charge in [-0.05, 0) is 27.1 Å².